The van der Waals surface area contributed by atoms with Gasteiger partial charge in [0.25, 0.3) is 0 Å². The maximum absolute atomic E-state index is 13.0. The van der Waals surface area contributed by atoms with E-state index in [1.165, 1.54) is 12.7 Å². The molecule has 0 unspecified atom stereocenters. The molecule has 0 aromatic rings. The molecular formula is C30H46O3. The van der Waals surface area contributed by atoms with E-state index in [0.29, 0.717) is 11.8 Å². The second-order valence-electron chi connectivity index (χ2n) is 13.1. The average molecular weight is 455 g/mol. The van der Waals surface area contributed by atoms with E-state index >= 15 is 0 Å². The van der Waals surface area contributed by atoms with Crippen LogP contribution in [0.3, 0.4) is 0 Å². The van der Waals surface area contributed by atoms with Crippen LogP contribution < -0.4 is 0 Å². The molecule has 0 aromatic heterocycles. The zero-order chi connectivity index (χ0) is 24.4. The molecule has 3 fully saturated rings. The van der Waals surface area contributed by atoms with Crippen molar-refractivity contribution >= 4 is 6.29 Å². The minimum Gasteiger partial charge on any atom is -0.392 e. The third-order valence-corrected chi connectivity index (χ3v) is 11.3. The molecule has 0 aliphatic heterocycles. The van der Waals surface area contributed by atoms with Gasteiger partial charge < -0.3 is 15.0 Å². The first kappa shape index (κ1) is 24.9. The fourth-order valence-electron chi connectivity index (χ4n) is 9.20. The summed E-state index contributed by atoms with van der Waals surface area (Å²) in [7, 11) is 0. The third kappa shape index (κ3) is 3.39. The standard InChI is InChI=1S/C30H46O3/c1-19(2)9-8-10-20(3)21-13-14-29(7)26-24(32)17-23-22(11-12-25(33)27(23,4)5)30(26,18-31)16-15-28(21,29)6/h8-9,17-18,20-22,24-26,32-33H,1,10-16H2,2-7H3/b9-8+/t20-,21-,22-,24-,25+,26+,28-,29+,30-/m1/s1. The molecule has 4 aliphatic rings. The first-order chi connectivity index (χ1) is 15.3. The number of aldehydes is 1. The molecule has 3 saturated carbocycles. The zero-order valence-electron chi connectivity index (χ0n) is 21.7. The van der Waals surface area contributed by atoms with E-state index in [2.05, 4.69) is 59.4 Å². The van der Waals surface area contributed by atoms with Gasteiger partial charge in [0.15, 0.2) is 0 Å². The van der Waals surface area contributed by atoms with E-state index in [1.807, 2.05) is 6.92 Å². The van der Waals surface area contributed by atoms with Gasteiger partial charge in [-0.3, -0.25) is 0 Å². The SMILES string of the molecule is C=C(C)/C=C/C[C@@H](C)[C@H]1CC[C@@]2(C)[C@@H]3[C@H](O)C=C4[C@@H](CC[C@H](O)C4(C)C)[C@]3(C=O)CC[C@]12C. The molecule has 0 amide bonds. The van der Waals surface area contributed by atoms with Gasteiger partial charge in [-0.25, -0.2) is 0 Å². The van der Waals surface area contributed by atoms with Crippen LogP contribution in [-0.4, -0.2) is 28.7 Å². The van der Waals surface area contributed by atoms with E-state index in [0.717, 1.165) is 49.7 Å². The molecule has 0 aromatic carbocycles. The van der Waals surface area contributed by atoms with Gasteiger partial charge in [0.2, 0.25) is 0 Å². The van der Waals surface area contributed by atoms with Crippen LogP contribution in [0.1, 0.15) is 86.5 Å². The number of rotatable bonds is 5. The molecule has 33 heavy (non-hydrogen) atoms. The Morgan fingerprint density at radius 3 is 2.45 bits per heavy atom. The summed E-state index contributed by atoms with van der Waals surface area (Å²) in [5.74, 6) is 1.23. The number of hydrogen-bond acceptors (Lipinski definition) is 3. The lowest BCUT2D eigenvalue weighted by Gasteiger charge is -2.66. The van der Waals surface area contributed by atoms with Crippen molar-refractivity contribution in [2.75, 3.05) is 0 Å². The van der Waals surface area contributed by atoms with Gasteiger partial charge in [-0.1, -0.05) is 70.6 Å². The van der Waals surface area contributed by atoms with Gasteiger partial charge in [-0.05, 0) is 80.5 Å². The highest BCUT2D eigenvalue weighted by atomic mass is 16.3. The van der Waals surface area contributed by atoms with Crippen LogP contribution in [0, 0.1) is 45.3 Å². The van der Waals surface area contributed by atoms with Crippen LogP contribution >= 0.6 is 0 Å². The Morgan fingerprint density at radius 1 is 1.12 bits per heavy atom. The second kappa shape index (κ2) is 8.19. The molecule has 0 spiro atoms. The van der Waals surface area contributed by atoms with Crippen LogP contribution in [0.25, 0.3) is 0 Å². The normalized spacial score (nSPS) is 47.3. The maximum Gasteiger partial charge on any atom is 0.127 e. The van der Waals surface area contributed by atoms with Gasteiger partial charge in [0, 0.05) is 16.7 Å². The Hall–Kier alpha value is -1.19. The van der Waals surface area contributed by atoms with E-state index in [-0.39, 0.29) is 22.7 Å². The van der Waals surface area contributed by atoms with E-state index in [4.69, 9.17) is 0 Å². The summed E-state index contributed by atoms with van der Waals surface area (Å²) >= 11 is 0. The van der Waals surface area contributed by atoms with Crippen LogP contribution in [0.4, 0.5) is 0 Å². The van der Waals surface area contributed by atoms with E-state index < -0.39 is 23.0 Å². The molecular weight excluding hydrogens is 408 g/mol. The Morgan fingerprint density at radius 2 is 1.82 bits per heavy atom. The van der Waals surface area contributed by atoms with E-state index in [1.54, 1.807) is 0 Å². The molecule has 2 N–H and O–H groups in total. The molecule has 4 rings (SSSR count). The number of hydrogen-bond donors (Lipinski definition) is 2. The highest BCUT2D eigenvalue weighted by Crippen LogP contribution is 2.74. The summed E-state index contributed by atoms with van der Waals surface area (Å²) in [6, 6.07) is 0. The molecule has 3 heteroatoms. The summed E-state index contributed by atoms with van der Waals surface area (Å²) in [5.41, 5.74) is 1.33. The van der Waals surface area contributed by atoms with E-state index in [9.17, 15) is 15.0 Å². The molecule has 0 saturated heterocycles. The highest BCUT2D eigenvalue weighted by molar-refractivity contribution is 5.65. The predicted molar refractivity (Wildman–Crippen MR) is 134 cm³/mol. The second-order valence-corrected chi connectivity index (χ2v) is 13.1. The van der Waals surface area contributed by atoms with Crippen molar-refractivity contribution in [3.8, 4) is 0 Å². The fourth-order valence-corrected chi connectivity index (χ4v) is 9.20. The van der Waals surface area contributed by atoms with Crippen LogP contribution in [0.15, 0.2) is 36.0 Å². The largest absolute Gasteiger partial charge is 0.392 e. The van der Waals surface area contributed by atoms with Crippen molar-refractivity contribution in [3.05, 3.63) is 36.0 Å². The molecule has 9 atom stereocenters. The highest BCUT2D eigenvalue weighted by Gasteiger charge is 2.70. The molecule has 0 radical (unpaired) electrons. The monoisotopic (exact) mass is 454 g/mol. The number of carbonyl (C=O) groups excluding carboxylic acids is 1. The Kier molecular flexibility index (Phi) is 6.19. The maximum atomic E-state index is 13.0. The number of fused-ring (bicyclic) bond motifs is 5. The smallest absolute Gasteiger partial charge is 0.127 e. The first-order valence-corrected chi connectivity index (χ1v) is 13.2. The number of allylic oxidation sites excluding steroid dienone is 3. The minimum absolute atomic E-state index is 0.0517. The Balaban J connectivity index is 1.73. The van der Waals surface area contributed by atoms with Gasteiger partial charge in [0.1, 0.15) is 6.29 Å². The predicted octanol–water partition coefficient (Wildman–Crippen LogP) is 6.26. The topological polar surface area (TPSA) is 57.5 Å². The Bertz CT molecular complexity index is 868. The zero-order valence-corrected chi connectivity index (χ0v) is 21.7. The fraction of sp³-hybridized carbons (Fsp3) is 0.767. The molecule has 184 valence electrons. The van der Waals surface area contributed by atoms with Crippen LogP contribution in [-0.2, 0) is 4.79 Å². The van der Waals surface area contributed by atoms with Crippen molar-refractivity contribution in [2.24, 2.45) is 45.3 Å². The van der Waals surface area contributed by atoms with Gasteiger partial charge in [-0.2, -0.15) is 0 Å². The summed E-state index contributed by atoms with van der Waals surface area (Å²) in [4.78, 5) is 13.0. The van der Waals surface area contributed by atoms with Crippen LogP contribution in [0.5, 0.6) is 0 Å². The van der Waals surface area contributed by atoms with Gasteiger partial charge in [-0.15, -0.1) is 0 Å². The molecule has 3 nitrogen and oxygen atoms in total. The van der Waals surface area contributed by atoms with Crippen molar-refractivity contribution < 1.29 is 15.0 Å². The van der Waals surface area contributed by atoms with Crippen LogP contribution in [0.2, 0.25) is 0 Å². The number of carbonyl (C=O) groups is 1. The lowest BCUT2D eigenvalue weighted by molar-refractivity contribution is -0.182. The summed E-state index contributed by atoms with van der Waals surface area (Å²) in [6.07, 6.45) is 13.4. The quantitative estimate of drug-likeness (QED) is 0.293. The Labute approximate surface area is 201 Å². The first-order valence-electron chi connectivity index (χ1n) is 13.2. The van der Waals surface area contributed by atoms with Gasteiger partial charge in [0.05, 0.1) is 12.2 Å². The van der Waals surface area contributed by atoms with Crippen molar-refractivity contribution in [1.82, 2.24) is 0 Å². The lowest BCUT2D eigenvalue weighted by Crippen LogP contribution is -2.64. The lowest BCUT2D eigenvalue weighted by atomic mass is 9.38. The van der Waals surface area contributed by atoms with Gasteiger partial charge >= 0.3 is 0 Å². The molecule has 0 bridgehead atoms. The minimum atomic E-state index is -0.631. The van der Waals surface area contributed by atoms with Crippen molar-refractivity contribution in [1.29, 1.82) is 0 Å². The summed E-state index contributed by atoms with van der Waals surface area (Å²) in [6.45, 7) is 17.4. The summed E-state index contributed by atoms with van der Waals surface area (Å²) < 4.78 is 0. The average Bonchev–Trinajstić information content (AvgIpc) is 3.01. The summed E-state index contributed by atoms with van der Waals surface area (Å²) in [5, 5.41) is 22.4. The molecule has 0 heterocycles. The number of aliphatic hydroxyl groups excluding tert-OH is 2. The van der Waals surface area contributed by atoms with Crippen molar-refractivity contribution in [2.45, 2.75) is 98.7 Å². The number of aliphatic hydroxyl groups is 2. The molecule has 4 aliphatic carbocycles. The van der Waals surface area contributed by atoms with Crippen molar-refractivity contribution in [3.63, 3.8) is 0 Å². The third-order valence-electron chi connectivity index (χ3n) is 11.3.